The van der Waals surface area contributed by atoms with Crippen LogP contribution in [0.25, 0.3) is 0 Å². The highest BCUT2D eigenvalue weighted by Gasteiger charge is 2.19. The Morgan fingerprint density at radius 2 is 1.62 bits per heavy atom. The van der Waals surface area contributed by atoms with Crippen LogP contribution in [-0.4, -0.2) is 6.29 Å². The topological polar surface area (TPSA) is 17.1 Å². The first-order valence-corrected chi connectivity index (χ1v) is 5.80. The van der Waals surface area contributed by atoms with Crippen molar-refractivity contribution in [3.63, 3.8) is 0 Å². The van der Waals surface area contributed by atoms with E-state index in [0.717, 1.165) is 31.0 Å². The van der Waals surface area contributed by atoms with Crippen LogP contribution in [0.3, 0.4) is 0 Å². The van der Waals surface area contributed by atoms with E-state index in [-0.39, 0.29) is 0 Å². The molecular weight excluding hydrogens is 160 g/mol. The van der Waals surface area contributed by atoms with Crippen LogP contribution < -0.4 is 0 Å². The Balaban J connectivity index is 2.11. The van der Waals surface area contributed by atoms with Crippen molar-refractivity contribution in [2.75, 3.05) is 0 Å². The zero-order chi connectivity index (χ0) is 9.52. The third-order valence-electron chi connectivity index (χ3n) is 3.36. The van der Waals surface area contributed by atoms with E-state index in [1.54, 1.807) is 0 Å². The van der Waals surface area contributed by atoms with E-state index in [4.69, 9.17) is 0 Å². The van der Waals surface area contributed by atoms with Gasteiger partial charge >= 0.3 is 0 Å². The lowest BCUT2D eigenvalue weighted by molar-refractivity contribution is -0.108. The fraction of sp³-hybridized carbons (Fsp3) is 0.917. The predicted molar refractivity (Wildman–Crippen MR) is 55.7 cm³/mol. The third-order valence-corrected chi connectivity index (χ3v) is 3.36. The van der Waals surface area contributed by atoms with Gasteiger partial charge in [-0.15, -0.1) is 0 Å². The molecule has 0 aromatic heterocycles. The zero-order valence-electron chi connectivity index (χ0n) is 8.80. The van der Waals surface area contributed by atoms with Gasteiger partial charge in [-0.1, -0.05) is 45.4 Å². The fourth-order valence-electron chi connectivity index (χ4n) is 2.52. The summed E-state index contributed by atoms with van der Waals surface area (Å²) >= 11 is 0. The van der Waals surface area contributed by atoms with Gasteiger partial charge in [-0.25, -0.2) is 0 Å². The van der Waals surface area contributed by atoms with Crippen molar-refractivity contribution in [2.24, 2.45) is 11.8 Å². The summed E-state index contributed by atoms with van der Waals surface area (Å²) in [6.07, 6.45) is 11.3. The van der Waals surface area contributed by atoms with Crippen LogP contribution in [0.4, 0.5) is 0 Å². The first-order valence-electron chi connectivity index (χ1n) is 5.80. The molecule has 1 heteroatoms. The molecule has 0 N–H and O–H groups in total. The van der Waals surface area contributed by atoms with Crippen molar-refractivity contribution in [2.45, 2.75) is 58.3 Å². The zero-order valence-corrected chi connectivity index (χ0v) is 8.80. The molecule has 1 aliphatic rings. The maximum Gasteiger partial charge on any atom is 0.120 e. The lowest BCUT2D eigenvalue weighted by Gasteiger charge is -2.27. The minimum Gasteiger partial charge on any atom is -0.303 e. The molecular formula is C12H22O. The van der Waals surface area contributed by atoms with Crippen LogP contribution in [0.15, 0.2) is 0 Å². The summed E-state index contributed by atoms with van der Waals surface area (Å²) < 4.78 is 0. The van der Waals surface area contributed by atoms with Gasteiger partial charge < -0.3 is 4.79 Å². The second kappa shape index (κ2) is 6.17. The maximum absolute atomic E-state index is 10.2. The second-order valence-electron chi connectivity index (χ2n) is 4.42. The molecule has 1 rings (SSSR count). The lowest BCUT2D eigenvalue weighted by Crippen LogP contribution is -2.14. The van der Waals surface area contributed by atoms with E-state index in [9.17, 15) is 4.79 Å². The first-order chi connectivity index (χ1) is 6.36. The SMILES string of the molecule is CCC[C@H]1CC[C@H](CCC=O)CC1. The summed E-state index contributed by atoms with van der Waals surface area (Å²) in [7, 11) is 0. The molecule has 0 saturated heterocycles. The highest BCUT2D eigenvalue weighted by molar-refractivity contribution is 5.49. The molecule has 0 atom stereocenters. The average Bonchev–Trinajstić information content (AvgIpc) is 2.17. The van der Waals surface area contributed by atoms with Crippen molar-refractivity contribution in [1.29, 1.82) is 0 Å². The molecule has 0 amide bonds. The van der Waals surface area contributed by atoms with Crippen LogP contribution in [0.2, 0.25) is 0 Å². The number of carbonyl (C=O) groups is 1. The Morgan fingerprint density at radius 1 is 1.08 bits per heavy atom. The van der Waals surface area contributed by atoms with Crippen molar-refractivity contribution in [3.8, 4) is 0 Å². The van der Waals surface area contributed by atoms with Gasteiger partial charge in [0.05, 0.1) is 0 Å². The molecule has 1 fully saturated rings. The highest BCUT2D eigenvalue weighted by Crippen LogP contribution is 2.33. The lowest BCUT2D eigenvalue weighted by atomic mass is 9.78. The summed E-state index contributed by atoms with van der Waals surface area (Å²) in [5, 5.41) is 0. The molecule has 1 nitrogen and oxygen atoms in total. The highest BCUT2D eigenvalue weighted by atomic mass is 16.1. The molecule has 0 heterocycles. The molecule has 0 aliphatic heterocycles. The van der Waals surface area contributed by atoms with E-state index in [1.165, 1.54) is 38.5 Å². The predicted octanol–water partition coefficient (Wildman–Crippen LogP) is 3.57. The van der Waals surface area contributed by atoms with Crippen LogP contribution in [0, 0.1) is 11.8 Å². The van der Waals surface area contributed by atoms with Gasteiger partial charge in [0.1, 0.15) is 6.29 Å². The van der Waals surface area contributed by atoms with Gasteiger partial charge in [0.25, 0.3) is 0 Å². The summed E-state index contributed by atoms with van der Waals surface area (Å²) in [5.41, 5.74) is 0. The van der Waals surface area contributed by atoms with E-state index in [0.29, 0.717) is 0 Å². The van der Waals surface area contributed by atoms with E-state index in [2.05, 4.69) is 6.92 Å². The molecule has 0 aromatic carbocycles. The number of carbonyl (C=O) groups excluding carboxylic acids is 1. The van der Waals surface area contributed by atoms with Crippen molar-refractivity contribution in [3.05, 3.63) is 0 Å². The van der Waals surface area contributed by atoms with E-state index in [1.807, 2.05) is 0 Å². The number of rotatable bonds is 5. The third kappa shape index (κ3) is 3.93. The van der Waals surface area contributed by atoms with Gasteiger partial charge in [0, 0.05) is 6.42 Å². The Hall–Kier alpha value is -0.330. The van der Waals surface area contributed by atoms with Crippen molar-refractivity contribution >= 4 is 6.29 Å². The van der Waals surface area contributed by atoms with Crippen LogP contribution >= 0.6 is 0 Å². The number of aldehydes is 1. The smallest absolute Gasteiger partial charge is 0.120 e. The molecule has 0 bridgehead atoms. The monoisotopic (exact) mass is 182 g/mol. The molecule has 76 valence electrons. The number of hydrogen-bond acceptors (Lipinski definition) is 1. The van der Waals surface area contributed by atoms with Gasteiger partial charge in [-0.3, -0.25) is 0 Å². The average molecular weight is 182 g/mol. The van der Waals surface area contributed by atoms with Crippen LogP contribution in [0.1, 0.15) is 58.3 Å². The Bertz CT molecular complexity index is 134. The Morgan fingerprint density at radius 3 is 2.08 bits per heavy atom. The molecule has 0 radical (unpaired) electrons. The second-order valence-corrected chi connectivity index (χ2v) is 4.42. The summed E-state index contributed by atoms with van der Waals surface area (Å²) in [4.78, 5) is 10.2. The number of hydrogen-bond donors (Lipinski definition) is 0. The van der Waals surface area contributed by atoms with Gasteiger partial charge in [-0.05, 0) is 18.3 Å². The molecule has 1 saturated carbocycles. The Labute approximate surface area is 81.9 Å². The van der Waals surface area contributed by atoms with Gasteiger partial charge in [0.15, 0.2) is 0 Å². The maximum atomic E-state index is 10.2. The summed E-state index contributed by atoms with van der Waals surface area (Å²) in [6.45, 7) is 2.28. The normalized spacial score (nSPS) is 28.7. The fourth-order valence-corrected chi connectivity index (χ4v) is 2.52. The van der Waals surface area contributed by atoms with E-state index >= 15 is 0 Å². The molecule has 1 aliphatic carbocycles. The minimum atomic E-state index is 0.781. The molecule has 13 heavy (non-hydrogen) atoms. The molecule has 0 aromatic rings. The summed E-state index contributed by atoms with van der Waals surface area (Å²) in [5.74, 6) is 1.86. The molecule has 0 spiro atoms. The first kappa shape index (κ1) is 10.7. The van der Waals surface area contributed by atoms with E-state index < -0.39 is 0 Å². The van der Waals surface area contributed by atoms with Crippen LogP contribution in [-0.2, 0) is 4.79 Å². The van der Waals surface area contributed by atoms with Gasteiger partial charge in [-0.2, -0.15) is 0 Å². The van der Waals surface area contributed by atoms with Crippen LogP contribution in [0.5, 0.6) is 0 Å². The minimum absolute atomic E-state index is 0.781. The Kier molecular flexibility index (Phi) is 5.10. The largest absolute Gasteiger partial charge is 0.303 e. The quantitative estimate of drug-likeness (QED) is 0.594. The van der Waals surface area contributed by atoms with Crippen molar-refractivity contribution < 1.29 is 4.79 Å². The van der Waals surface area contributed by atoms with Crippen molar-refractivity contribution in [1.82, 2.24) is 0 Å². The molecule has 0 unspecified atom stereocenters. The standard InChI is InChI=1S/C12H22O/c1-2-4-11-6-8-12(9-7-11)5-3-10-13/h10-12H,2-9H2,1H3/t11-,12-. The van der Waals surface area contributed by atoms with Gasteiger partial charge in [0.2, 0.25) is 0 Å². The summed E-state index contributed by atoms with van der Waals surface area (Å²) in [6, 6.07) is 0.